The number of allylic oxidation sites excluding steroid dienone is 1. The Morgan fingerprint density at radius 3 is 2.35 bits per heavy atom. The molecule has 2 heterocycles. The highest BCUT2D eigenvalue weighted by atomic mass is 16.5. The summed E-state index contributed by atoms with van der Waals surface area (Å²) in [6, 6.07) is 4.61. The van der Waals surface area contributed by atoms with Crippen LogP contribution in [0.1, 0.15) is 97.7 Å². The molecule has 2 aliphatic rings. The molecule has 0 aliphatic carbocycles. The molecule has 0 saturated carbocycles. The Balaban J connectivity index is 1.79. The molecule has 2 aromatic carbocycles. The Morgan fingerprint density at radius 1 is 1.00 bits per heavy atom. The maximum absolute atomic E-state index is 13.7. The van der Waals surface area contributed by atoms with Crippen LogP contribution in [0.5, 0.6) is 28.7 Å². The lowest BCUT2D eigenvalue weighted by molar-refractivity contribution is -0.128. The van der Waals surface area contributed by atoms with Gasteiger partial charge in [-0.3, -0.25) is 14.4 Å². The third kappa shape index (κ3) is 8.78. The number of methoxy groups -OCH3 is 3. The maximum atomic E-state index is 13.7. The Hall–Kier alpha value is -4.74. The lowest BCUT2D eigenvalue weighted by Gasteiger charge is -2.24. The minimum atomic E-state index is -0.995. The van der Waals surface area contributed by atoms with Gasteiger partial charge in [-0.2, -0.15) is 0 Å². The van der Waals surface area contributed by atoms with Crippen LogP contribution >= 0.6 is 0 Å². The fourth-order valence-electron chi connectivity index (χ4n) is 6.24. The summed E-state index contributed by atoms with van der Waals surface area (Å²) in [5.74, 6) is -1.99. The number of phenolic OH excluding ortho intramolecular Hbond substituents is 2. The van der Waals surface area contributed by atoms with Crippen molar-refractivity contribution in [1.29, 1.82) is 0 Å². The van der Waals surface area contributed by atoms with Crippen molar-refractivity contribution >= 4 is 29.6 Å². The summed E-state index contributed by atoms with van der Waals surface area (Å²) in [7, 11) is 4.35. The number of benzene rings is 2. The fraction of sp³-hybridized carbons (Fsp3) is 0.500. The molecule has 12 nitrogen and oxygen atoms in total. The Morgan fingerprint density at radius 2 is 1.71 bits per heavy atom. The Bertz CT molecular complexity index is 1510. The van der Waals surface area contributed by atoms with Gasteiger partial charge in [0.2, 0.25) is 17.6 Å². The van der Waals surface area contributed by atoms with Gasteiger partial charge >= 0.3 is 5.97 Å². The zero-order valence-corrected chi connectivity index (χ0v) is 28.1. The van der Waals surface area contributed by atoms with Crippen molar-refractivity contribution < 1.29 is 48.3 Å². The number of esters is 1. The second kappa shape index (κ2) is 16.9. The molecular weight excluding hydrogens is 620 g/mol. The van der Waals surface area contributed by atoms with Crippen LogP contribution in [0.4, 0.5) is 0 Å². The van der Waals surface area contributed by atoms with Crippen molar-refractivity contribution in [3.05, 3.63) is 46.5 Å². The van der Waals surface area contributed by atoms with Crippen molar-refractivity contribution in [2.75, 3.05) is 41.0 Å². The van der Waals surface area contributed by atoms with E-state index in [2.05, 4.69) is 5.32 Å². The van der Waals surface area contributed by atoms with Gasteiger partial charge in [-0.15, -0.1) is 0 Å². The monoisotopic (exact) mass is 666 g/mol. The fourth-order valence-corrected chi connectivity index (χ4v) is 6.24. The number of ketones is 1. The van der Waals surface area contributed by atoms with Crippen LogP contribution in [-0.2, 0) is 19.1 Å². The van der Waals surface area contributed by atoms with E-state index in [4.69, 9.17) is 18.9 Å². The first-order valence-corrected chi connectivity index (χ1v) is 16.4. The molecule has 0 radical (unpaired) electrons. The Kier molecular flexibility index (Phi) is 12.7. The summed E-state index contributed by atoms with van der Waals surface area (Å²) in [6.45, 7) is 2.94. The number of hydrogen-bond acceptors (Lipinski definition) is 10. The molecule has 2 amide bonds. The molecule has 12 heteroatoms. The van der Waals surface area contributed by atoms with Gasteiger partial charge in [-0.1, -0.05) is 12.2 Å². The molecule has 4 rings (SSSR count). The standard InChI is InChI=1S/C36H46N2O10/c1-22-10-8-13-25(39)12-7-5-6-11-23-18-27(40)33(34(43)32(23)36(44)48-22)26(21-30(41)37-15-17-38-16-9-14-31(38)42)24-19-28(45-2)35(47-4)29(20-24)46-3/h6,11,18-20,22,26,40,43H,5,7-10,12-17,21H2,1-4H3,(H,37,41)/t22-,26?/m0/s1. The van der Waals surface area contributed by atoms with Gasteiger partial charge in [0.15, 0.2) is 11.5 Å². The first-order valence-electron chi connectivity index (χ1n) is 16.4. The predicted molar refractivity (Wildman–Crippen MR) is 178 cm³/mol. The van der Waals surface area contributed by atoms with E-state index in [1.165, 1.54) is 27.4 Å². The number of hydrogen-bond donors (Lipinski definition) is 3. The van der Waals surface area contributed by atoms with Crippen LogP contribution in [0.3, 0.4) is 0 Å². The Labute approximate surface area is 281 Å². The largest absolute Gasteiger partial charge is 0.507 e. The number of carbonyl (C=O) groups is 4. The molecule has 0 aromatic heterocycles. The molecule has 260 valence electrons. The van der Waals surface area contributed by atoms with Crippen LogP contribution in [0, 0.1) is 0 Å². The maximum Gasteiger partial charge on any atom is 0.342 e. The number of ether oxygens (including phenoxy) is 4. The van der Waals surface area contributed by atoms with Crippen LogP contribution in [0.15, 0.2) is 24.3 Å². The number of Topliss-reactive ketones (excluding diaryl/α,β-unsaturated/α-hetero) is 1. The van der Waals surface area contributed by atoms with Gasteiger partial charge in [-0.05, 0) is 68.4 Å². The summed E-state index contributed by atoms with van der Waals surface area (Å²) in [5, 5.41) is 26.2. The summed E-state index contributed by atoms with van der Waals surface area (Å²) >= 11 is 0. The molecule has 2 aromatic rings. The zero-order valence-electron chi connectivity index (χ0n) is 28.1. The van der Waals surface area contributed by atoms with Crippen molar-refractivity contribution in [2.45, 2.75) is 76.7 Å². The summed E-state index contributed by atoms with van der Waals surface area (Å²) in [4.78, 5) is 53.0. The van der Waals surface area contributed by atoms with E-state index < -0.39 is 29.6 Å². The highest BCUT2D eigenvalue weighted by molar-refractivity contribution is 5.98. The normalized spacial score (nSPS) is 18.0. The van der Waals surface area contributed by atoms with Gasteiger partial charge in [0.1, 0.15) is 22.8 Å². The second-order valence-electron chi connectivity index (χ2n) is 12.1. The van der Waals surface area contributed by atoms with E-state index in [1.54, 1.807) is 36.1 Å². The highest BCUT2D eigenvalue weighted by Gasteiger charge is 2.32. The van der Waals surface area contributed by atoms with Crippen molar-refractivity contribution in [2.24, 2.45) is 0 Å². The molecule has 2 aliphatic heterocycles. The third-order valence-corrected chi connectivity index (χ3v) is 8.75. The molecular formula is C36H46N2O10. The predicted octanol–water partition coefficient (Wildman–Crippen LogP) is 4.87. The van der Waals surface area contributed by atoms with E-state index in [0.29, 0.717) is 69.3 Å². The van der Waals surface area contributed by atoms with E-state index in [9.17, 15) is 29.4 Å². The van der Waals surface area contributed by atoms with Crippen LogP contribution < -0.4 is 19.5 Å². The first-order chi connectivity index (χ1) is 23.1. The van der Waals surface area contributed by atoms with E-state index >= 15 is 0 Å². The van der Waals surface area contributed by atoms with Crippen molar-refractivity contribution in [3.8, 4) is 28.7 Å². The second-order valence-corrected chi connectivity index (χ2v) is 12.1. The van der Waals surface area contributed by atoms with Crippen molar-refractivity contribution in [3.63, 3.8) is 0 Å². The molecule has 1 unspecified atom stereocenters. The number of cyclic esters (lactones) is 1. The molecule has 1 saturated heterocycles. The summed E-state index contributed by atoms with van der Waals surface area (Å²) < 4.78 is 22.3. The SMILES string of the molecule is COc1cc(C(CC(=O)NCCN2CCCC2=O)c2c(O)cc3c(c2O)C(=O)O[C@@H](C)CCCC(=O)CCCC=C3)cc(OC)c1OC. The number of nitrogens with zero attached hydrogens (tertiary/aromatic N) is 1. The number of likely N-dealkylation sites (tertiary alicyclic amines) is 1. The smallest absolute Gasteiger partial charge is 0.342 e. The molecule has 0 spiro atoms. The van der Waals surface area contributed by atoms with Crippen molar-refractivity contribution in [1.82, 2.24) is 10.2 Å². The van der Waals surface area contributed by atoms with Crippen LogP contribution in [0.25, 0.3) is 6.08 Å². The van der Waals surface area contributed by atoms with Gasteiger partial charge < -0.3 is 39.4 Å². The quantitative estimate of drug-likeness (QED) is 0.299. The van der Waals surface area contributed by atoms with Gasteiger partial charge in [0.05, 0.1) is 27.4 Å². The lowest BCUT2D eigenvalue weighted by Crippen LogP contribution is -2.36. The van der Waals surface area contributed by atoms with Gasteiger partial charge in [0, 0.05) is 56.8 Å². The number of nitrogens with one attached hydrogen (secondary N) is 1. The van der Waals surface area contributed by atoms with Gasteiger partial charge in [-0.25, -0.2) is 4.79 Å². The number of carbonyl (C=O) groups excluding carboxylic acids is 4. The van der Waals surface area contributed by atoms with E-state index in [0.717, 1.165) is 6.42 Å². The minimum absolute atomic E-state index is 0.0444. The topological polar surface area (TPSA) is 161 Å². The average molecular weight is 667 g/mol. The lowest BCUT2D eigenvalue weighted by atomic mass is 9.84. The average Bonchev–Trinajstić information content (AvgIpc) is 3.46. The van der Waals surface area contributed by atoms with Gasteiger partial charge in [0.25, 0.3) is 0 Å². The number of fused-ring (bicyclic) bond motifs is 1. The first kappa shape index (κ1) is 36.1. The van der Waals surface area contributed by atoms with E-state index in [-0.39, 0.29) is 58.6 Å². The minimum Gasteiger partial charge on any atom is -0.507 e. The van der Waals surface area contributed by atoms with E-state index in [1.807, 2.05) is 0 Å². The number of phenols is 2. The third-order valence-electron chi connectivity index (χ3n) is 8.75. The summed E-state index contributed by atoms with van der Waals surface area (Å²) in [6.07, 6.45) is 6.92. The molecule has 3 N–H and O–H groups in total. The molecule has 0 bridgehead atoms. The molecule has 48 heavy (non-hydrogen) atoms. The molecule has 2 atom stereocenters. The highest BCUT2D eigenvalue weighted by Crippen LogP contribution is 2.47. The molecule has 1 fully saturated rings. The van der Waals surface area contributed by atoms with Crippen LogP contribution in [0.2, 0.25) is 0 Å². The number of amides is 2. The van der Waals surface area contributed by atoms with Crippen LogP contribution in [-0.4, -0.2) is 85.7 Å². The summed E-state index contributed by atoms with van der Waals surface area (Å²) in [5.41, 5.74) is 0.461. The number of aromatic hydroxyl groups is 2. The number of rotatable bonds is 10. The zero-order chi connectivity index (χ0) is 34.8.